The number of rotatable bonds is 7. The van der Waals surface area contributed by atoms with Crippen LogP contribution >= 0.6 is 0 Å². The van der Waals surface area contributed by atoms with E-state index in [0.29, 0.717) is 36.5 Å². The van der Waals surface area contributed by atoms with Crippen LogP contribution in [0.3, 0.4) is 0 Å². The molecule has 0 radical (unpaired) electrons. The van der Waals surface area contributed by atoms with E-state index < -0.39 is 17.9 Å². The molecule has 2 saturated carbocycles. The standard InChI is InChI=1S/C27H42F4O/c1-3-4-19(2)24-14-16-25(32-18-24)15-7-20-5-8-21(9-6-20)22-10-12-23(13-11-22)26(28)17-27(29,30)31/h7,15,17,19-25H,3-6,8-14,16,18H2,1-2H3/b15-7+,26-17-. The van der Waals surface area contributed by atoms with Gasteiger partial charge in [-0.3, -0.25) is 0 Å². The van der Waals surface area contributed by atoms with E-state index in [2.05, 4.69) is 26.0 Å². The van der Waals surface area contributed by atoms with E-state index in [9.17, 15) is 17.6 Å². The largest absolute Gasteiger partial charge is 0.412 e. The lowest BCUT2D eigenvalue weighted by atomic mass is 9.69. The Balaban J connectivity index is 1.35. The molecule has 0 spiro atoms. The fourth-order valence-electron chi connectivity index (χ4n) is 6.31. The summed E-state index contributed by atoms with van der Waals surface area (Å²) in [6.45, 7) is 5.50. The summed E-state index contributed by atoms with van der Waals surface area (Å²) >= 11 is 0. The first-order valence-corrected chi connectivity index (χ1v) is 13.0. The second-order valence-corrected chi connectivity index (χ2v) is 10.7. The molecule has 0 amide bonds. The summed E-state index contributed by atoms with van der Waals surface area (Å²) in [5, 5.41) is 0. The Hall–Kier alpha value is -0.840. The van der Waals surface area contributed by atoms with Crippen molar-refractivity contribution in [2.75, 3.05) is 6.61 Å². The molecule has 3 rings (SSSR count). The molecule has 1 saturated heterocycles. The lowest BCUT2D eigenvalue weighted by molar-refractivity contribution is -0.0821. The predicted octanol–water partition coefficient (Wildman–Crippen LogP) is 8.80. The van der Waals surface area contributed by atoms with Crippen LogP contribution < -0.4 is 0 Å². The Bertz CT molecular complexity index is 602. The lowest BCUT2D eigenvalue weighted by Gasteiger charge is -2.37. The minimum atomic E-state index is -4.55. The van der Waals surface area contributed by atoms with Crippen LogP contribution in [0.4, 0.5) is 17.6 Å². The molecule has 0 bridgehead atoms. The van der Waals surface area contributed by atoms with E-state index in [-0.39, 0.29) is 12.2 Å². The Morgan fingerprint density at radius 1 is 0.906 bits per heavy atom. The van der Waals surface area contributed by atoms with E-state index >= 15 is 0 Å². The number of hydrogen-bond acceptors (Lipinski definition) is 1. The van der Waals surface area contributed by atoms with E-state index in [1.54, 1.807) is 0 Å². The van der Waals surface area contributed by atoms with Gasteiger partial charge in [-0.05, 0) is 93.8 Å². The third-order valence-electron chi connectivity index (χ3n) is 8.44. The molecule has 1 heterocycles. The first-order chi connectivity index (χ1) is 15.2. The van der Waals surface area contributed by atoms with Crippen LogP contribution in [-0.2, 0) is 4.74 Å². The van der Waals surface area contributed by atoms with Crippen molar-refractivity contribution < 1.29 is 22.3 Å². The van der Waals surface area contributed by atoms with Crippen molar-refractivity contribution in [3.63, 3.8) is 0 Å². The predicted molar refractivity (Wildman–Crippen MR) is 122 cm³/mol. The van der Waals surface area contributed by atoms with Gasteiger partial charge in [-0.1, -0.05) is 38.8 Å². The molecule has 184 valence electrons. The molecule has 1 aliphatic heterocycles. The molecule has 0 aromatic heterocycles. The van der Waals surface area contributed by atoms with Crippen LogP contribution in [0, 0.1) is 35.5 Å². The van der Waals surface area contributed by atoms with E-state index in [1.165, 1.54) is 44.9 Å². The molecular weight excluding hydrogens is 416 g/mol. The average Bonchev–Trinajstić information content (AvgIpc) is 2.77. The van der Waals surface area contributed by atoms with Crippen LogP contribution in [0.1, 0.15) is 90.9 Å². The van der Waals surface area contributed by atoms with Gasteiger partial charge in [-0.25, -0.2) is 4.39 Å². The van der Waals surface area contributed by atoms with Crippen molar-refractivity contribution in [2.24, 2.45) is 35.5 Å². The number of allylic oxidation sites excluding steroid dienone is 3. The average molecular weight is 459 g/mol. The van der Waals surface area contributed by atoms with Gasteiger partial charge in [0.1, 0.15) is 5.83 Å². The number of alkyl halides is 3. The molecule has 3 aliphatic rings. The van der Waals surface area contributed by atoms with Gasteiger partial charge in [0.15, 0.2) is 0 Å². The van der Waals surface area contributed by atoms with Gasteiger partial charge in [0, 0.05) is 5.92 Å². The molecule has 3 atom stereocenters. The highest BCUT2D eigenvalue weighted by Crippen LogP contribution is 2.43. The first kappa shape index (κ1) is 25.8. The van der Waals surface area contributed by atoms with Crippen molar-refractivity contribution in [2.45, 2.75) is 103 Å². The number of ether oxygens (including phenoxy) is 1. The highest BCUT2D eigenvalue weighted by molar-refractivity contribution is 5.03. The third-order valence-corrected chi connectivity index (χ3v) is 8.44. The van der Waals surface area contributed by atoms with Gasteiger partial charge in [0.25, 0.3) is 0 Å². The summed E-state index contributed by atoms with van der Waals surface area (Å²) < 4.78 is 57.2. The van der Waals surface area contributed by atoms with Gasteiger partial charge in [0.05, 0.1) is 18.8 Å². The smallest absolute Gasteiger partial charge is 0.374 e. The molecule has 32 heavy (non-hydrogen) atoms. The number of hydrogen-bond donors (Lipinski definition) is 0. The Kier molecular flexibility index (Phi) is 9.70. The van der Waals surface area contributed by atoms with Gasteiger partial charge >= 0.3 is 6.18 Å². The fourth-order valence-corrected chi connectivity index (χ4v) is 6.31. The highest BCUT2D eigenvalue weighted by Gasteiger charge is 2.34. The van der Waals surface area contributed by atoms with Crippen molar-refractivity contribution >= 4 is 0 Å². The van der Waals surface area contributed by atoms with E-state index in [0.717, 1.165) is 31.8 Å². The Morgan fingerprint density at radius 3 is 2.06 bits per heavy atom. The fraction of sp³-hybridized carbons (Fsp3) is 0.852. The minimum Gasteiger partial charge on any atom is -0.374 e. The summed E-state index contributed by atoms with van der Waals surface area (Å²) in [7, 11) is 0. The molecule has 0 N–H and O–H groups in total. The zero-order chi connectivity index (χ0) is 23.1. The van der Waals surface area contributed by atoms with Crippen molar-refractivity contribution in [3.8, 4) is 0 Å². The van der Waals surface area contributed by atoms with E-state index in [1.807, 2.05) is 0 Å². The topological polar surface area (TPSA) is 9.23 Å². The van der Waals surface area contributed by atoms with Crippen LogP contribution in [0.5, 0.6) is 0 Å². The number of halogens is 4. The molecule has 3 fully saturated rings. The minimum absolute atomic E-state index is 0.141. The first-order valence-electron chi connectivity index (χ1n) is 13.0. The monoisotopic (exact) mass is 458 g/mol. The van der Waals surface area contributed by atoms with Gasteiger partial charge in [-0.15, -0.1) is 0 Å². The van der Waals surface area contributed by atoms with Crippen molar-refractivity contribution in [1.29, 1.82) is 0 Å². The zero-order valence-corrected chi connectivity index (χ0v) is 19.9. The summed E-state index contributed by atoms with van der Waals surface area (Å²) in [5.74, 6) is 1.79. The van der Waals surface area contributed by atoms with Crippen LogP contribution in [0.2, 0.25) is 0 Å². The maximum atomic E-state index is 13.9. The second kappa shape index (κ2) is 12.0. The summed E-state index contributed by atoms with van der Waals surface area (Å²) in [6, 6.07) is 0. The summed E-state index contributed by atoms with van der Waals surface area (Å²) in [6.07, 6.45) is 12.8. The quantitative estimate of drug-likeness (QED) is 0.273. The Morgan fingerprint density at radius 2 is 1.53 bits per heavy atom. The van der Waals surface area contributed by atoms with Crippen LogP contribution in [0.25, 0.3) is 0 Å². The molecule has 0 aromatic rings. The van der Waals surface area contributed by atoms with E-state index in [4.69, 9.17) is 4.74 Å². The zero-order valence-electron chi connectivity index (χ0n) is 19.9. The Labute approximate surface area is 192 Å². The van der Waals surface area contributed by atoms with Crippen LogP contribution in [-0.4, -0.2) is 18.9 Å². The van der Waals surface area contributed by atoms with Crippen molar-refractivity contribution in [1.82, 2.24) is 0 Å². The molecule has 3 unspecified atom stereocenters. The highest BCUT2D eigenvalue weighted by atomic mass is 19.4. The molecule has 1 nitrogen and oxygen atoms in total. The second-order valence-electron chi connectivity index (χ2n) is 10.7. The molecule has 0 aromatic carbocycles. The molecule has 2 aliphatic carbocycles. The molecule has 5 heteroatoms. The van der Waals surface area contributed by atoms with Gasteiger partial charge < -0.3 is 4.74 Å². The lowest BCUT2D eigenvalue weighted by Crippen LogP contribution is -2.29. The summed E-state index contributed by atoms with van der Waals surface area (Å²) in [5.41, 5.74) is 0. The van der Waals surface area contributed by atoms with Crippen LogP contribution in [0.15, 0.2) is 24.1 Å². The van der Waals surface area contributed by atoms with Crippen molar-refractivity contribution in [3.05, 3.63) is 24.1 Å². The summed E-state index contributed by atoms with van der Waals surface area (Å²) in [4.78, 5) is 0. The normalized spacial score (nSPS) is 36.4. The maximum Gasteiger partial charge on any atom is 0.412 e. The SMILES string of the molecule is CCCC(C)C1CCC(/C=C/C2CCC(C3CCC(/C(F)=C/C(F)(F)F)CC3)CC2)OC1. The van der Waals surface area contributed by atoms with Gasteiger partial charge in [-0.2, -0.15) is 13.2 Å². The molecular formula is C27H42F4O. The van der Waals surface area contributed by atoms with Gasteiger partial charge in [0.2, 0.25) is 0 Å². The maximum absolute atomic E-state index is 13.9. The third kappa shape index (κ3) is 7.88.